The molecule has 2 aromatic rings. The molecular formula is C19H24N4O2S. The van der Waals surface area contributed by atoms with Gasteiger partial charge in [-0.15, -0.1) is 0 Å². The highest BCUT2D eigenvalue weighted by Crippen LogP contribution is 2.22. The summed E-state index contributed by atoms with van der Waals surface area (Å²) in [5.41, 5.74) is 6.45. The fourth-order valence-corrected chi connectivity index (χ4v) is 4.56. The van der Waals surface area contributed by atoms with Gasteiger partial charge in [0.2, 0.25) is 10.0 Å². The molecule has 0 saturated heterocycles. The van der Waals surface area contributed by atoms with E-state index in [4.69, 9.17) is 0 Å². The van der Waals surface area contributed by atoms with Gasteiger partial charge < -0.3 is 0 Å². The van der Waals surface area contributed by atoms with Crippen LogP contribution in [0.4, 0.5) is 5.82 Å². The summed E-state index contributed by atoms with van der Waals surface area (Å²) in [5, 5.41) is 4.50. The van der Waals surface area contributed by atoms with Crippen LogP contribution in [0.25, 0.3) is 0 Å². The van der Waals surface area contributed by atoms with Crippen molar-refractivity contribution in [1.82, 2.24) is 9.29 Å². The van der Waals surface area contributed by atoms with Crippen molar-refractivity contribution in [2.45, 2.75) is 38.0 Å². The number of fused-ring (bicyclic) bond motifs is 1. The molecule has 0 amide bonds. The zero-order valence-electron chi connectivity index (χ0n) is 15.1. The van der Waals surface area contributed by atoms with Crippen LogP contribution in [0.1, 0.15) is 37.8 Å². The molecular weight excluding hydrogens is 348 g/mol. The molecule has 1 N–H and O–H groups in total. The molecule has 6 nitrogen and oxygen atoms in total. The van der Waals surface area contributed by atoms with Crippen LogP contribution in [0.3, 0.4) is 0 Å². The number of aromatic nitrogens is 1. The summed E-state index contributed by atoms with van der Waals surface area (Å²) in [6.07, 6.45) is 4.45. The third-order valence-corrected chi connectivity index (χ3v) is 6.61. The maximum absolute atomic E-state index is 12.5. The minimum absolute atomic E-state index is 0.197. The minimum Gasteiger partial charge on any atom is -0.261 e. The summed E-state index contributed by atoms with van der Waals surface area (Å²) < 4.78 is 26.4. The first kappa shape index (κ1) is 18.5. The average molecular weight is 372 g/mol. The molecule has 1 aliphatic rings. The average Bonchev–Trinajstić information content (AvgIpc) is 2.67. The lowest BCUT2D eigenvalue weighted by atomic mass is 9.90. The van der Waals surface area contributed by atoms with E-state index in [2.05, 4.69) is 27.6 Å². The largest absolute Gasteiger partial charge is 0.261 e. The Balaban J connectivity index is 1.77. The van der Waals surface area contributed by atoms with Gasteiger partial charge in [-0.1, -0.05) is 38.1 Å². The predicted molar refractivity (Wildman–Crippen MR) is 104 cm³/mol. The van der Waals surface area contributed by atoms with E-state index in [1.807, 2.05) is 26.0 Å². The molecule has 1 heterocycles. The van der Waals surface area contributed by atoms with Gasteiger partial charge in [0.05, 0.1) is 5.71 Å². The molecule has 0 fully saturated rings. The molecule has 0 atom stereocenters. The van der Waals surface area contributed by atoms with E-state index >= 15 is 0 Å². The Hall–Kier alpha value is -2.25. The Kier molecular flexibility index (Phi) is 5.68. The van der Waals surface area contributed by atoms with E-state index in [1.54, 1.807) is 12.1 Å². The zero-order chi connectivity index (χ0) is 18.6. The molecule has 26 heavy (non-hydrogen) atoms. The van der Waals surface area contributed by atoms with Crippen LogP contribution >= 0.6 is 0 Å². The van der Waals surface area contributed by atoms with E-state index in [0.717, 1.165) is 25.0 Å². The number of hydrogen-bond donors (Lipinski definition) is 1. The van der Waals surface area contributed by atoms with E-state index in [0.29, 0.717) is 18.9 Å². The monoisotopic (exact) mass is 372 g/mol. The fraction of sp³-hybridized carbons (Fsp3) is 0.368. The van der Waals surface area contributed by atoms with Gasteiger partial charge in [0.1, 0.15) is 10.7 Å². The van der Waals surface area contributed by atoms with Crippen molar-refractivity contribution in [2.75, 3.05) is 18.5 Å². The standard InChI is InChI=1S/C19H24N4O2S/c1-3-23(4-2)26(24,25)16-12-13-19(20-14-16)22-21-18-11-7-9-15-8-5-6-10-17(15)18/h5-6,8,10,12-14H,3-4,7,9,11H2,1-2H3,(H,20,22)/b21-18+. The Bertz CT molecular complexity index is 888. The first-order valence-corrected chi connectivity index (χ1v) is 10.4. The summed E-state index contributed by atoms with van der Waals surface area (Å²) in [4.78, 5) is 4.41. The Labute approximate surface area is 155 Å². The molecule has 0 aliphatic heterocycles. The summed E-state index contributed by atoms with van der Waals surface area (Å²) >= 11 is 0. The number of hydrazone groups is 1. The fourth-order valence-electron chi connectivity index (χ4n) is 3.15. The maximum atomic E-state index is 12.5. The lowest BCUT2D eigenvalue weighted by molar-refractivity contribution is 0.445. The molecule has 0 radical (unpaired) electrons. The van der Waals surface area contributed by atoms with Gasteiger partial charge in [0.25, 0.3) is 0 Å². The third kappa shape index (κ3) is 3.78. The number of nitrogens with zero attached hydrogens (tertiary/aromatic N) is 3. The lowest BCUT2D eigenvalue weighted by Crippen LogP contribution is -2.30. The van der Waals surface area contributed by atoms with Crippen LogP contribution in [0, 0.1) is 0 Å². The molecule has 7 heteroatoms. The van der Waals surface area contributed by atoms with E-state index < -0.39 is 10.0 Å². The second kappa shape index (κ2) is 7.97. The van der Waals surface area contributed by atoms with Gasteiger partial charge >= 0.3 is 0 Å². The van der Waals surface area contributed by atoms with Gasteiger partial charge in [-0.05, 0) is 37.0 Å². The molecule has 0 spiro atoms. The molecule has 138 valence electrons. The van der Waals surface area contributed by atoms with Crippen LogP contribution in [0.15, 0.2) is 52.6 Å². The van der Waals surface area contributed by atoms with Crippen molar-refractivity contribution in [3.05, 3.63) is 53.7 Å². The number of hydrogen-bond acceptors (Lipinski definition) is 5. The van der Waals surface area contributed by atoms with Crippen LogP contribution in [0.5, 0.6) is 0 Å². The second-order valence-corrected chi connectivity index (χ2v) is 8.09. The Morgan fingerprint density at radius 2 is 1.88 bits per heavy atom. The summed E-state index contributed by atoms with van der Waals surface area (Å²) in [5.74, 6) is 0.527. The smallest absolute Gasteiger partial charge is 0.244 e. The van der Waals surface area contributed by atoms with E-state index in [1.165, 1.54) is 21.6 Å². The van der Waals surface area contributed by atoms with Crippen LogP contribution in [-0.4, -0.2) is 36.5 Å². The van der Waals surface area contributed by atoms with Gasteiger partial charge in [-0.25, -0.2) is 13.4 Å². The predicted octanol–water partition coefficient (Wildman–Crippen LogP) is 3.26. The molecule has 0 saturated carbocycles. The number of anilines is 1. The first-order chi connectivity index (χ1) is 12.6. The van der Waals surface area contributed by atoms with Crippen LogP contribution in [-0.2, 0) is 16.4 Å². The van der Waals surface area contributed by atoms with Crippen LogP contribution < -0.4 is 5.43 Å². The van der Waals surface area contributed by atoms with Gasteiger partial charge in [0.15, 0.2) is 0 Å². The molecule has 3 rings (SSSR count). The molecule has 1 aliphatic carbocycles. The van der Waals surface area contributed by atoms with E-state index in [9.17, 15) is 8.42 Å². The SMILES string of the molecule is CCN(CC)S(=O)(=O)c1ccc(N/N=C2\CCCc3ccccc32)nc1. The van der Waals surface area contributed by atoms with Gasteiger partial charge in [-0.3, -0.25) is 5.43 Å². The number of rotatable bonds is 6. The number of benzene rings is 1. The highest BCUT2D eigenvalue weighted by Gasteiger charge is 2.21. The number of pyridine rings is 1. The highest BCUT2D eigenvalue weighted by atomic mass is 32.2. The lowest BCUT2D eigenvalue weighted by Gasteiger charge is -2.18. The first-order valence-electron chi connectivity index (χ1n) is 8.93. The number of sulfonamides is 1. The highest BCUT2D eigenvalue weighted by molar-refractivity contribution is 7.89. The Morgan fingerprint density at radius 3 is 2.58 bits per heavy atom. The Morgan fingerprint density at radius 1 is 1.12 bits per heavy atom. The second-order valence-electron chi connectivity index (χ2n) is 6.15. The van der Waals surface area contributed by atoms with Crippen molar-refractivity contribution in [3.63, 3.8) is 0 Å². The van der Waals surface area contributed by atoms with E-state index in [-0.39, 0.29) is 4.90 Å². The van der Waals surface area contributed by atoms with Gasteiger partial charge in [0, 0.05) is 24.8 Å². The summed E-state index contributed by atoms with van der Waals surface area (Å²) in [6, 6.07) is 11.5. The third-order valence-electron chi connectivity index (χ3n) is 4.57. The van der Waals surface area contributed by atoms with Crippen molar-refractivity contribution < 1.29 is 8.42 Å². The topological polar surface area (TPSA) is 74.7 Å². The van der Waals surface area contributed by atoms with Crippen molar-refractivity contribution >= 4 is 21.6 Å². The quantitative estimate of drug-likeness (QED) is 0.790. The summed E-state index contributed by atoms with van der Waals surface area (Å²) in [7, 11) is -3.49. The normalized spacial score (nSPS) is 15.9. The zero-order valence-corrected chi connectivity index (χ0v) is 16.0. The van der Waals surface area contributed by atoms with Crippen molar-refractivity contribution in [3.8, 4) is 0 Å². The van der Waals surface area contributed by atoms with Crippen molar-refractivity contribution in [2.24, 2.45) is 5.10 Å². The molecule has 1 aromatic carbocycles. The molecule has 0 bridgehead atoms. The number of aryl methyl sites for hydroxylation is 1. The summed E-state index contributed by atoms with van der Waals surface area (Å²) in [6.45, 7) is 4.52. The molecule has 0 unspecified atom stereocenters. The molecule has 1 aromatic heterocycles. The minimum atomic E-state index is -3.49. The van der Waals surface area contributed by atoms with Gasteiger partial charge in [-0.2, -0.15) is 9.41 Å². The maximum Gasteiger partial charge on any atom is 0.244 e. The van der Waals surface area contributed by atoms with Crippen molar-refractivity contribution in [1.29, 1.82) is 0 Å². The number of nitrogens with one attached hydrogen (secondary N) is 1. The van der Waals surface area contributed by atoms with Crippen LogP contribution in [0.2, 0.25) is 0 Å².